The molecule has 0 radical (unpaired) electrons. The summed E-state index contributed by atoms with van der Waals surface area (Å²) in [4.78, 5) is -0.435. The highest BCUT2D eigenvalue weighted by Gasteiger charge is 2.31. The summed E-state index contributed by atoms with van der Waals surface area (Å²) in [5.74, 6) is -2.15. The Morgan fingerprint density at radius 3 is 2.57 bits per heavy atom. The van der Waals surface area contributed by atoms with Crippen LogP contribution < -0.4 is 4.72 Å². The Hall–Kier alpha value is -0.980. The molecule has 1 aliphatic carbocycles. The van der Waals surface area contributed by atoms with E-state index in [4.69, 9.17) is 23.2 Å². The Morgan fingerprint density at radius 2 is 1.90 bits per heavy atom. The third-order valence-corrected chi connectivity index (χ3v) is 5.02. The van der Waals surface area contributed by atoms with E-state index in [1.54, 1.807) is 0 Å². The van der Waals surface area contributed by atoms with E-state index in [-0.39, 0.29) is 14.5 Å². The zero-order valence-electron chi connectivity index (χ0n) is 9.92. The van der Waals surface area contributed by atoms with Crippen molar-refractivity contribution in [1.29, 1.82) is 0 Å². The Morgan fingerprint density at radius 1 is 1.24 bits per heavy atom. The van der Waals surface area contributed by atoms with E-state index in [0.29, 0.717) is 0 Å². The quantitative estimate of drug-likeness (QED) is 0.586. The second-order valence-electron chi connectivity index (χ2n) is 3.82. The molecular formula is C12H5BrCl2F2NO2S+. The van der Waals surface area contributed by atoms with Crippen molar-refractivity contribution < 1.29 is 17.2 Å². The molecule has 2 rings (SSSR count). The van der Waals surface area contributed by atoms with Gasteiger partial charge in [0.25, 0.3) is 0 Å². The van der Waals surface area contributed by atoms with E-state index in [1.165, 1.54) is 6.08 Å². The summed E-state index contributed by atoms with van der Waals surface area (Å²) in [5.41, 5.74) is -0.819. The van der Waals surface area contributed by atoms with Crippen LogP contribution in [0.2, 0.25) is 0 Å². The first-order chi connectivity index (χ1) is 9.72. The topological polar surface area (TPSA) is 46.2 Å². The molecule has 0 bridgehead atoms. The molecule has 0 unspecified atom stereocenters. The number of allylic oxidation sites excluding steroid dienone is 5. The number of hydrogen-bond donors (Lipinski definition) is 1. The van der Waals surface area contributed by atoms with Gasteiger partial charge < -0.3 is 0 Å². The van der Waals surface area contributed by atoms with Crippen molar-refractivity contribution in [2.45, 2.75) is 0 Å². The third kappa shape index (κ3) is 3.44. The lowest BCUT2D eigenvalue weighted by molar-refractivity contribution is 0.581. The van der Waals surface area contributed by atoms with Crippen LogP contribution in [0.4, 0.5) is 14.5 Å². The van der Waals surface area contributed by atoms with Crippen molar-refractivity contribution in [2.75, 3.05) is 4.72 Å². The largest absolute Gasteiger partial charge is 0.310 e. The van der Waals surface area contributed by atoms with Gasteiger partial charge in [-0.3, -0.25) is 4.72 Å². The van der Waals surface area contributed by atoms with Gasteiger partial charge in [-0.15, -0.1) is 0 Å². The number of hydrogen-bond acceptors (Lipinski definition) is 2. The van der Waals surface area contributed by atoms with E-state index in [1.807, 2.05) is 4.72 Å². The van der Waals surface area contributed by atoms with Gasteiger partial charge in [0, 0.05) is 11.6 Å². The first-order valence-electron chi connectivity index (χ1n) is 5.25. The van der Waals surface area contributed by atoms with Crippen molar-refractivity contribution in [3.8, 4) is 0 Å². The van der Waals surface area contributed by atoms with Gasteiger partial charge in [-0.05, 0) is 39.7 Å². The molecule has 0 amide bonds. The second kappa shape index (κ2) is 6.02. The molecule has 0 aliphatic heterocycles. The molecule has 0 spiro atoms. The zero-order valence-corrected chi connectivity index (χ0v) is 13.8. The van der Waals surface area contributed by atoms with Gasteiger partial charge in [-0.1, -0.05) is 0 Å². The maximum absolute atomic E-state index is 13.8. The van der Waals surface area contributed by atoms with Gasteiger partial charge in [0.15, 0.2) is 10.8 Å². The van der Waals surface area contributed by atoms with Gasteiger partial charge >= 0.3 is 10.0 Å². The molecular weight excluding hydrogens is 411 g/mol. The highest BCUT2D eigenvalue weighted by atomic mass is 79.9. The summed E-state index contributed by atoms with van der Waals surface area (Å²) in [7, 11) is -4.33. The maximum atomic E-state index is 13.8. The summed E-state index contributed by atoms with van der Waals surface area (Å²) >= 11 is 14.2. The summed E-state index contributed by atoms with van der Waals surface area (Å²) in [6, 6.07) is 2.03. The molecule has 21 heavy (non-hydrogen) atoms. The summed E-state index contributed by atoms with van der Waals surface area (Å²) in [6.45, 7) is 0. The lowest BCUT2D eigenvalue weighted by atomic mass is 10.3. The van der Waals surface area contributed by atoms with Crippen molar-refractivity contribution in [3.05, 3.63) is 61.4 Å². The smallest absolute Gasteiger partial charge is 0.263 e. The van der Waals surface area contributed by atoms with Gasteiger partial charge in [0.05, 0.1) is 16.6 Å². The van der Waals surface area contributed by atoms with Crippen LogP contribution >= 0.6 is 39.1 Å². The maximum Gasteiger partial charge on any atom is 0.310 e. The standard InChI is InChI=1S/C12H5BrCl2F2NO2S/c13-7-2-4-9(16)12(11(7)17)18-21(19,20)10-5-6(14)1-3-8(10)15/h1-2,4-5,18H/q+1. The molecule has 3 nitrogen and oxygen atoms in total. The van der Waals surface area contributed by atoms with Gasteiger partial charge in [-0.25, -0.2) is 8.78 Å². The lowest BCUT2D eigenvalue weighted by Crippen LogP contribution is -2.17. The Balaban J connectivity index is 2.50. The molecule has 0 heterocycles. The average molecular weight is 416 g/mol. The molecule has 0 saturated heterocycles. The van der Waals surface area contributed by atoms with Crippen molar-refractivity contribution in [1.82, 2.24) is 0 Å². The first kappa shape index (κ1) is 16.4. The number of rotatable bonds is 3. The summed E-state index contributed by atoms with van der Waals surface area (Å²) in [5, 5.41) is -0.183. The van der Waals surface area contributed by atoms with Crippen LogP contribution in [0, 0.1) is 17.7 Å². The molecule has 1 aromatic rings. The molecule has 0 fully saturated rings. The first-order valence-corrected chi connectivity index (χ1v) is 8.28. The fourth-order valence-electron chi connectivity index (χ4n) is 1.44. The Kier molecular flexibility index (Phi) is 4.70. The Bertz CT molecular complexity index is 804. The van der Waals surface area contributed by atoms with E-state index in [2.05, 4.69) is 22.0 Å². The zero-order chi connectivity index (χ0) is 15.8. The minimum Gasteiger partial charge on any atom is -0.263 e. The van der Waals surface area contributed by atoms with Crippen molar-refractivity contribution in [3.63, 3.8) is 0 Å². The SMILES string of the molecule is O=S(=O)(Nc1c(F)ccc(Br)c1F)C1=C(Cl)[C+]=CC(Cl)=C1. The fraction of sp³-hybridized carbons (Fsp3) is 0. The molecule has 1 N–H and O–H groups in total. The summed E-state index contributed by atoms with van der Waals surface area (Å²) in [6.07, 6.45) is 4.74. The molecule has 9 heteroatoms. The second-order valence-corrected chi connectivity index (χ2v) is 7.14. The van der Waals surface area contributed by atoms with Crippen LogP contribution in [0.1, 0.15) is 0 Å². The van der Waals surface area contributed by atoms with Crippen molar-refractivity contribution in [2.24, 2.45) is 0 Å². The number of benzene rings is 1. The van der Waals surface area contributed by atoms with Gasteiger partial charge in [0.2, 0.25) is 9.94 Å². The van der Waals surface area contributed by atoms with Crippen LogP contribution in [0.15, 0.2) is 43.7 Å². The lowest BCUT2D eigenvalue weighted by Gasteiger charge is -2.09. The molecule has 1 aliphatic rings. The van der Waals surface area contributed by atoms with Crippen LogP contribution in [0.25, 0.3) is 0 Å². The minimum atomic E-state index is -4.33. The highest BCUT2D eigenvalue weighted by molar-refractivity contribution is 9.10. The highest BCUT2D eigenvalue weighted by Crippen LogP contribution is 2.31. The Labute approximate surface area is 138 Å². The predicted octanol–water partition coefficient (Wildman–Crippen LogP) is 4.42. The number of sulfonamides is 1. The number of nitrogens with one attached hydrogen (secondary N) is 1. The van der Waals surface area contributed by atoms with Crippen LogP contribution in [-0.4, -0.2) is 8.42 Å². The van der Waals surface area contributed by atoms with E-state index in [0.717, 1.165) is 18.2 Å². The van der Waals surface area contributed by atoms with Gasteiger partial charge in [0.1, 0.15) is 17.6 Å². The molecule has 0 atom stereocenters. The molecule has 110 valence electrons. The third-order valence-electron chi connectivity index (χ3n) is 2.39. The summed E-state index contributed by atoms with van der Waals surface area (Å²) < 4.78 is 53.5. The van der Waals surface area contributed by atoms with E-state index < -0.39 is 32.3 Å². The fourth-order valence-corrected chi connectivity index (χ4v) is 3.55. The monoisotopic (exact) mass is 414 g/mol. The van der Waals surface area contributed by atoms with Crippen LogP contribution in [0.5, 0.6) is 0 Å². The van der Waals surface area contributed by atoms with Crippen LogP contribution in [0.3, 0.4) is 0 Å². The molecule has 1 aromatic carbocycles. The predicted molar refractivity (Wildman–Crippen MR) is 81.2 cm³/mol. The van der Waals surface area contributed by atoms with Crippen LogP contribution in [-0.2, 0) is 10.0 Å². The minimum absolute atomic E-state index is 0.0648. The molecule has 0 saturated carbocycles. The number of anilines is 1. The van der Waals surface area contributed by atoms with E-state index >= 15 is 0 Å². The number of halogens is 5. The normalized spacial score (nSPS) is 14.8. The van der Waals surface area contributed by atoms with Gasteiger partial charge in [-0.2, -0.15) is 8.42 Å². The van der Waals surface area contributed by atoms with Crippen molar-refractivity contribution >= 4 is 54.8 Å². The average Bonchev–Trinajstić information content (AvgIpc) is 2.42. The molecule has 0 aromatic heterocycles. The van der Waals surface area contributed by atoms with E-state index in [9.17, 15) is 17.2 Å².